The number of hydrogen-bond donors (Lipinski definition) is 1. The average molecular weight is 409 g/mol. The van der Waals surface area contributed by atoms with Crippen LogP contribution in [0.4, 0.5) is 5.95 Å². The van der Waals surface area contributed by atoms with Crippen LogP contribution in [0.15, 0.2) is 71.7 Å². The maximum absolute atomic E-state index is 6.57. The molecule has 2 aliphatic rings. The van der Waals surface area contributed by atoms with Crippen molar-refractivity contribution < 1.29 is 0 Å². The number of rotatable bonds is 2. The summed E-state index contributed by atoms with van der Waals surface area (Å²) in [6, 6.07) is 15.8. The minimum Gasteiger partial charge on any atom is -0.324 e. The second-order valence-electron chi connectivity index (χ2n) is 7.02. The lowest BCUT2D eigenvalue weighted by atomic mass is 9.83. The number of anilines is 1. The van der Waals surface area contributed by atoms with Gasteiger partial charge in [0.15, 0.2) is 0 Å². The molecule has 0 fully saturated rings. The van der Waals surface area contributed by atoms with Gasteiger partial charge in [0.1, 0.15) is 12.4 Å². The van der Waals surface area contributed by atoms with E-state index in [4.69, 9.17) is 23.2 Å². The number of nitrogens with one attached hydrogen (secondary N) is 1. The molecular formula is C22H18Cl2N4. The van der Waals surface area contributed by atoms with E-state index < -0.39 is 0 Å². The summed E-state index contributed by atoms with van der Waals surface area (Å²) in [5.41, 5.74) is 5.72. The fourth-order valence-electron chi connectivity index (χ4n) is 4.09. The Morgan fingerprint density at radius 3 is 2.61 bits per heavy atom. The summed E-state index contributed by atoms with van der Waals surface area (Å²) in [6.45, 7) is 0. The van der Waals surface area contributed by atoms with Gasteiger partial charge in [0.05, 0.1) is 0 Å². The van der Waals surface area contributed by atoms with Crippen molar-refractivity contribution in [3.8, 4) is 0 Å². The molecule has 1 aromatic heterocycles. The third-order valence-electron chi connectivity index (χ3n) is 5.35. The van der Waals surface area contributed by atoms with Crippen LogP contribution >= 0.6 is 23.2 Å². The highest BCUT2D eigenvalue weighted by Gasteiger charge is 2.34. The molecule has 0 spiro atoms. The third kappa shape index (κ3) is 2.93. The molecule has 0 saturated carbocycles. The van der Waals surface area contributed by atoms with E-state index >= 15 is 0 Å². The minimum atomic E-state index is -0.0580. The average Bonchev–Trinajstić information content (AvgIpc) is 3.17. The summed E-state index contributed by atoms with van der Waals surface area (Å²) in [5.74, 6) is 0.732. The fraction of sp³-hybridized carbons (Fsp3) is 0.182. The molecule has 28 heavy (non-hydrogen) atoms. The normalized spacial score (nSPS) is 19.9. The molecule has 3 aromatic rings. The monoisotopic (exact) mass is 408 g/mol. The van der Waals surface area contributed by atoms with E-state index in [9.17, 15) is 0 Å². The topological polar surface area (TPSA) is 42.7 Å². The van der Waals surface area contributed by atoms with Gasteiger partial charge in [-0.25, -0.2) is 4.68 Å². The summed E-state index contributed by atoms with van der Waals surface area (Å²) in [7, 11) is 0. The van der Waals surface area contributed by atoms with Crippen LogP contribution in [0.2, 0.25) is 10.0 Å². The van der Waals surface area contributed by atoms with Gasteiger partial charge in [-0.2, -0.15) is 10.1 Å². The quantitative estimate of drug-likeness (QED) is 0.554. The zero-order chi connectivity index (χ0) is 19.1. The number of allylic oxidation sites excluding steroid dienone is 2. The Labute approximate surface area is 173 Å². The minimum absolute atomic E-state index is 0.0580. The molecule has 0 saturated heterocycles. The van der Waals surface area contributed by atoms with Crippen molar-refractivity contribution in [1.29, 1.82) is 0 Å². The first-order chi connectivity index (χ1) is 13.7. The fourth-order valence-corrected chi connectivity index (χ4v) is 4.52. The standard InChI is InChI=1S/C22H18Cl2N4/c23-18-10-3-1-6-14(18)12-15-7-5-9-17-20(15)27-22-25-13-26-28(22)21(17)16-8-2-4-11-19(16)24/h1-4,6,8,10-13,21H,5,7,9H2,(H,25,26,27)/b15-12+/t21-/m0/s1. The van der Waals surface area contributed by atoms with Crippen molar-refractivity contribution >= 4 is 35.2 Å². The summed E-state index contributed by atoms with van der Waals surface area (Å²) in [5, 5.41) is 9.48. The molecule has 140 valence electrons. The lowest BCUT2D eigenvalue weighted by Crippen LogP contribution is -2.28. The number of nitrogens with zero attached hydrogens (tertiary/aromatic N) is 3. The zero-order valence-corrected chi connectivity index (χ0v) is 16.6. The van der Waals surface area contributed by atoms with Crippen LogP contribution in [-0.2, 0) is 0 Å². The van der Waals surface area contributed by atoms with Crippen molar-refractivity contribution in [2.75, 3.05) is 5.32 Å². The molecular weight excluding hydrogens is 391 g/mol. The van der Waals surface area contributed by atoms with Crippen molar-refractivity contribution in [3.05, 3.63) is 92.9 Å². The van der Waals surface area contributed by atoms with Gasteiger partial charge in [-0.1, -0.05) is 59.6 Å². The Morgan fingerprint density at radius 1 is 1.00 bits per heavy atom. The Balaban J connectivity index is 1.68. The predicted octanol–water partition coefficient (Wildman–Crippen LogP) is 6.12. The number of halogens is 2. The molecule has 0 amide bonds. The van der Waals surface area contributed by atoms with E-state index in [1.807, 2.05) is 47.1 Å². The van der Waals surface area contributed by atoms with Crippen molar-refractivity contribution in [2.24, 2.45) is 0 Å². The summed E-state index contributed by atoms with van der Waals surface area (Å²) in [6.07, 6.45) is 6.81. The van der Waals surface area contributed by atoms with Crippen LogP contribution in [0.5, 0.6) is 0 Å². The first-order valence-corrected chi connectivity index (χ1v) is 10.1. The molecule has 2 heterocycles. The Morgan fingerprint density at radius 2 is 1.79 bits per heavy atom. The van der Waals surface area contributed by atoms with E-state index in [1.54, 1.807) is 6.33 Å². The van der Waals surface area contributed by atoms with Crippen LogP contribution in [0, 0.1) is 0 Å². The SMILES string of the molecule is Clc1ccccc1/C=C1\CCCC2=C1Nc1ncnn1[C@H]2c1ccccc1Cl. The predicted molar refractivity (Wildman–Crippen MR) is 114 cm³/mol. The van der Waals surface area contributed by atoms with Crippen molar-refractivity contribution in [1.82, 2.24) is 14.8 Å². The van der Waals surface area contributed by atoms with Crippen LogP contribution < -0.4 is 5.32 Å². The molecule has 6 heteroatoms. The Kier molecular flexibility index (Phi) is 4.46. The van der Waals surface area contributed by atoms with Gasteiger partial charge in [0.2, 0.25) is 5.95 Å². The highest BCUT2D eigenvalue weighted by atomic mass is 35.5. The van der Waals surface area contributed by atoms with Gasteiger partial charge in [-0.15, -0.1) is 0 Å². The van der Waals surface area contributed by atoms with E-state index in [2.05, 4.69) is 27.5 Å². The van der Waals surface area contributed by atoms with Crippen LogP contribution in [-0.4, -0.2) is 14.8 Å². The summed E-state index contributed by atoms with van der Waals surface area (Å²) >= 11 is 13.0. The van der Waals surface area contributed by atoms with E-state index in [-0.39, 0.29) is 6.04 Å². The van der Waals surface area contributed by atoms with Gasteiger partial charge in [-0.3, -0.25) is 0 Å². The van der Waals surface area contributed by atoms with Gasteiger partial charge in [-0.05, 0) is 59.7 Å². The highest BCUT2D eigenvalue weighted by Crippen LogP contribution is 2.45. The lowest BCUT2D eigenvalue weighted by Gasteiger charge is -2.34. The molecule has 1 aliphatic heterocycles. The van der Waals surface area contributed by atoms with E-state index in [0.29, 0.717) is 0 Å². The Bertz CT molecular complexity index is 1110. The molecule has 4 nitrogen and oxygen atoms in total. The molecule has 0 bridgehead atoms. The summed E-state index contributed by atoms with van der Waals surface area (Å²) < 4.78 is 1.93. The van der Waals surface area contributed by atoms with Crippen molar-refractivity contribution in [3.63, 3.8) is 0 Å². The van der Waals surface area contributed by atoms with E-state index in [1.165, 1.54) is 11.1 Å². The largest absolute Gasteiger partial charge is 0.324 e. The van der Waals surface area contributed by atoms with Crippen LogP contribution in [0.25, 0.3) is 6.08 Å². The zero-order valence-electron chi connectivity index (χ0n) is 15.1. The van der Waals surface area contributed by atoms with Gasteiger partial charge in [0.25, 0.3) is 0 Å². The third-order valence-corrected chi connectivity index (χ3v) is 6.04. The van der Waals surface area contributed by atoms with Gasteiger partial charge < -0.3 is 5.32 Å². The molecule has 5 rings (SSSR count). The number of fused-ring (bicyclic) bond motifs is 1. The highest BCUT2D eigenvalue weighted by molar-refractivity contribution is 6.32. The first kappa shape index (κ1) is 17.5. The summed E-state index contributed by atoms with van der Waals surface area (Å²) in [4.78, 5) is 4.42. The van der Waals surface area contributed by atoms with Gasteiger partial charge >= 0.3 is 0 Å². The van der Waals surface area contributed by atoms with E-state index in [0.717, 1.165) is 52.1 Å². The van der Waals surface area contributed by atoms with Crippen LogP contribution in [0.1, 0.15) is 36.4 Å². The molecule has 1 aliphatic carbocycles. The van der Waals surface area contributed by atoms with Crippen LogP contribution in [0.3, 0.4) is 0 Å². The molecule has 1 N–H and O–H groups in total. The first-order valence-electron chi connectivity index (χ1n) is 9.32. The second-order valence-corrected chi connectivity index (χ2v) is 7.84. The Hall–Kier alpha value is -2.56. The number of benzene rings is 2. The molecule has 2 aromatic carbocycles. The maximum Gasteiger partial charge on any atom is 0.226 e. The second kappa shape index (κ2) is 7.12. The molecule has 0 radical (unpaired) electrons. The number of aromatic nitrogens is 3. The smallest absolute Gasteiger partial charge is 0.226 e. The lowest BCUT2D eigenvalue weighted by molar-refractivity contribution is 0.538. The van der Waals surface area contributed by atoms with Crippen molar-refractivity contribution in [2.45, 2.75) is 25.3 Å². The number of hydrogen-bond acceptors (Lipinski definition) is 3. The molecule has 1 atom stereocenters. The molecule has 0 unspecified atom stereocenters. The maximum atomic E-state index is 6.57. The van der Waals surface area contributed by atoms with Gasteiger partial charge in [0, 0.05) is 15.7 Å².